The van der Waals surface area contributed by atoms with Gasteiger partial charge >= 0.3 is 0 Å². The summed E-state index contributed by atoms with van der Waals surface area (Å²) in [6, 6.07) is 8.94. The van der Waals surface area contributed by atoms with E-state index in [4.69, 9.17) is 0 Å². The van der Waals surface area contributed by atoms with Gasteiger partial charge in [-0.3, -0.25) is 4.48 Å². The van der Waals surface area contributed by atoms with Crippen LogP contribution in [0.2, 0.25) is 0 Å². The summed E-state index contributed by atoms with van der Waals surface area (Å²) in [6.45, 7) is 2.31. The van der Waals surface area contributed by atoms with Crippen LogP contribution in [0.3, 0.4) is 0 Å². The zero-order chi connectivity index (χ0) is 10.6. The molecule has 1 heterocycles. The summed E-state index contributed by atoms with van der Waals surface area (Å²) in [7, 11) is 4.64. The minimum absolute atomic E-state index is 0.705. The normalized spacial score (nSPS) is 26.7. The molecule has 1 aliphatic carbocycles. The maximum Gasteiger partial charge on any atom is 0.141 e. The molecule has 0 radical (unpaired) electrons. The zero-order valence-corrected chi connectivity index (χ0v) is 9.75. The Labute approximate surface area is 91.6 Å². The fourth-order valence-electron chi connectivity index (χ4n) is 3.51. The third-order valence-corrected chi connectivity index (χ3v) is 4.09. The third kappa shape index (κ3) is 1.02. The number of hydrogen-bond acceptors (Lipinski definition) is 0. The van der Waals surface area contributed by atoms with Crippen molar-refractivity contribution in [1.29, 1.82) is 0 Å². The molecule has 1 aliphatic heterocycles. The van der Waals surface area contributed by atoms with Crippen molar-refractivity contribution in [3.8, 4) is 0 Å². The van der Waals surface area contributed by atoms with Crippen LogP contribution in [0.4, 0.5) is 5.69 Å². The van der Waals surface area contributed by atoms with Gasteiger partial charge in [-0.1, -0.05) is 18.2 Å². The first kappa shape index (κ1) is 9.17. The quantitative estimate of drug-likeness (QED) is 0.563. The van der Waals surface area contributed by atoms with Gasteiger partial charge in [0.15, 0.2) is 0 Å². The standard InChI is InChI=1S/C14H18N/c1-10-8-9-12-11-6-4-5-7-13(11)15(2,3)14(10)12/h4-7,12H,8-9H2,1-3H3/q+1. The van der Waals surface area contributed by atoms with Crippen molar-refractivity contribution in [2.24, 2.45) is 0 Å². The highest BCUT2D eigenvalue weighted by Crippen LogP contribution is 2.53. The first-order valence-electron chi connectivity index (χ1n) is 5.76. The molecular formula is C14H18N+. The molecule has 1 nitrogen and oxygen atoms in total. The fourth-order valence-corrected chi connectivity index (χ4v) is 3.51. The lowest BCUT2D eigenvalue weighted by atomic mass is 9.99. The predicted octanol–water partition coefficient (Wildman–Crippen LogP) is 3.42. The lowest BCUT2D eigenvalue weighted by molar-refractivity contribution is 0.493. The number of benzene rings is 1. The molecule has 0 aromatic heterocycles. The van der Waals surface area contributed by atoms with Crippen molar-refractivity contribution in [2.45, 2.75) is 25.7 Å². The van der Waals surface area contributed by atoms with Gasteiger partial charge in [0.05, 0.1) is 20.0 Å². The second-order valence-electron chi connectivity index (χ2n) is 5.27. The number of fused-ring (bicyclic) bond motifs is 3. The average Bonchev–Trinajstić information content (AvgIpc) is 2.69. The van der Waals surface area contributed by atoms with E-state index in [0.717, 1.165) is 4.48 Å². The molecule has 0 saturated heterocycles. The molecule has 78 valence electrons. The molecule has 0 bridgehead atoms. The molecule has 1 atom stereocenters. The molecule has 2 aliphatic rings. The Morgan fingerprint density at radius 1 is 1.20 bits per heavy atom. The van der Waals surface area contributed by atoms with E-state index in [1.165, 1.54) is 18.5 Å². The van der Waals surface area contributed by atoms with Crippen molar-refractivity contribution in [2.75, 3.05) is 14.1 Å². The molecule has 0 fully saturated rings. The Kier molecular flexibility index (Phi) is 1.67. The molecule has 0 saturated carbocycles. The minimum atomic E-state index is 0.705. The smallest absolute Gasteiger partial charge is 0.141 e. The highest BCUT2D eigenvalue weighted by Gasteiger charge is 2.46. The zero-order valence-electron chi connectivity index (χ0n) is 9.75. The summed E-state index contributed by atoms with van der Waals surface area (Å²) in [5, 5.41) is 0. The lowest BCUT2D eigenvalue weighted by Gasteiger charge is -2.26. The van der Waals surface area contributed by atoms with Gasteiger partial charge in [-0.2, -0.15) is 0 Å². The summed E-state index contributed by atoms with van der Waals surface area (Å²) in [4.78, 5) is 0. The minimum Gasteiger partial charge on any atom is -0.266 e. The number of nitrogens with zero attached hydrogens (tertiary/aromatic N) is 1. The van der Waals surface area contributed by atoms with Crippen molar-refractivity contribution in [3.63, 3.8) is 0 Å². The van der Waals surface area contributed by atoms with Gasteiger partial charge in [0.2, 0.25) is 0 Å². The molecule has 0 amide bonds. The molecule has 3 rings (SSSR count). The Bertz CT molecular complexity index is 454. The van der Waals surface area contributed by atoms with E-state index in [2.05, 4.69) is 45.3 Å². The van der Waals surface area contributed by atoms with E-state index in [0.29, 0.717) is 5.92 Å². The van der Waals surface area contributed by atoms with Gasteiger partial charge in [0.25, 0.3) is 0 Å². The van der Waals surface area contributed by atoms with Crippen LogP contribution in [-0.2, 0) is 0 Å². The Morgan fingerprint density at radius 3 is 2.73 bits per heavy atom. The van der Waals surface area contributed by atoms with Crippen LogP contribution in [-0.4, -0.2) is 14.1 Å². The van der Waals surface area contributed by atoms with Crippen LogP contribution in [0.1, 0.15) is 31.2 Å². The van der Waals surface area contributed by atoms with Gasteiger partial charge in [0, 0.05) is 5.56 Å². The second kappa shape index (κ2) is 2.73. The first-order chi connectivity index (χ1) is 7.12. The third-order valence-electron chi connectivity index (χ3n) is 4.09. The van der Waals surface area contributed by atoms with E-state index in [1.54, 1.807) is 16.8 Å². The van der Waals surface area contributed by atoms with Gasteiger partial charge in [-0.05, 0) is 31.4 Å². The number of quaternary nitrogens is 1. The summed E-state index contributed by atoms with van der Waals surface area (Å²) >= 11 is 0. The van der Waals surface area contributed by atoms with Crippen LogP contribution < -0.4 is 4.48 Å². The SMILES string of the molecule is CC1=C2C(CC1)c1ccccc1[N+]2(C)C. The van der Waals surface area contributed by atoms with E-state index in [9.17, 15) is 0 Å². The highest BCUT2D eigenvalue weighted by molar-refractivity contribution is 5.65. The summed E-state index contributed by atoms with van der Waals surface area (Å²) in [6.07, 6.45) is 2.61. The maximum absolute atomic E-state index is 2.32. The van der Waals surface area contributed by atoms with E-state index < -0.39 is 0 Å². The number of allylic oxidation sites excluding steroid dienone is 2. The van der Waals surface area contributed by atoms with Crippen molar-refractivity contribution in [3.05, 3.63) is 41.1 Å². The Hall–Kier alpha value is -1.08. The van der Waals surface area contributed by atoms with Gasteiger partial charge in [-0.25, -0.2) is 0 Å². The van der Waals surface area contributed by atoms with Crippen LogP contribution in [0, 0.1) is 0 Å². The molecular weight excluding hydrogens is 182 g/mol. The number of rotatable bonds is 0. The van der Waals surface area contributed by atoms with Crippen molar-refractivity contribution < 1.29 is 0 Å². The maximum atomic E-state index is 2.32. The van der Waals surface area contributed by atoms with Crippen molar-refractivity contribution in [1.82, 2.24) is 4.48 Å². The second-order valence-corrected chi connectivity index (χ2v) is 5.27. The summed E-state index contributed by atoms with van der Waals surface area (Å²) in [5.74, 6) is 0.705. The molecule has 1 heteroatoms. The van der Waals surface area contributed by atoms with Gasteiger partial charge in [-0.15, -0.1) is 0 Å². The molecule has 1 aromatic rings. The van der Waals surface area contributed by atoms with Crippen LogP contribution in [0.5, 0.6) is 0 Å². The monoisotopic (exact) mass is 200 g/mol. The molecule has 0 N–H and O–H groups in total. The first-order valence-corrected chi connectivity index (χ1v) is 5.76. The Morgan fingerprint density at radius 2 is 1.93 bits per heavy atom. The molecule has 1 unspecified atom stereocenters. The fraction of sp³-hybridized carbons (Fsp3) is 0.429. The van der Waals surface area contributed by atoms with Crippen LogP contribution in [0.15, 0.2) is 35.5 Å². The van der Waals surface area contributed by atoms with Crippen molar-refractivity contribution >= 4 is 5.69 Å². The summed E-state index contributed by atoms with van der Waals surface area (Å²) < 4.78 is 0.979. The topological polar surface area (TPSA) is 0 Å². The predicted molar refractivity (Wildman–Crippen MR) is 64.8 cm³/mol. The largest absolute Gasteiger partial charge is 0.266 e. The van der Waals surface area contributed by atoms with Gasteiger partial charge in [0.1, 0.15) is 11.4 Å². The molecule has 15 heavy (non-hydrogen) atoms. The van der Waals surface area contributed by atoms with Crippen LogP contribution in [0.25, 0.3) is 0 Å². The summed E-state index contributed by atoms with van der Waals surface area (Å²) in [5.41, 5.74) is 6.32. The molecule has 1 aromatic carbocycles. The van der Waals surface area contributed by atoms with E-state index in [-0.39, 0.29) is 0 Å². The van der Waals surface area contributed by atoms with Gasteiger partial charge < -0.3 is 0 Å². The van der Waals surface area contributed by atoms with E-state index >= 15 is 0 Å². The van der Waals surface area contributed by atoms with Crippen LogP contribution >= 0.6 is 0 Å². The highest BCUT2D eigenvalue weighted by atomic mass is 15.3. The lowest BCUT2D eigenvalue weighted by Crippen LogP contribution is -2.36. The van der Waals surface area contributed by atoms with E-state index in [1.807, 2.05) is 0 Å². The number of likely N-dealkylation sites (N-methyl/N-ethyl adjacent to an activating group) is 1. The average molecular weight is 200 g/mol. The number of para-hydroxylation sites is 1. The Balaban J connectivity index is 2.29. The molecule has 0 spiro atoms. The number of hydrogen-bond donors (Lipinski definition) is 0.